The molecular formula is C4H12N3O3+. The van der Waals surface area contributed by atoms with Gasteiger partial charge in [-0.25, -0.2) is 0 Å². The minimum absolute atomic E-state index is 0.0278. The topological polar surface area (TPSA) is 111 Å². The van der Waals surface area contributed by atoms with E-state index in [0.717, 1.165) is 0 Å². The van der Waals surface area contributed by atoms with E-state index >= 15 is 0 Å². The van der Waals surface area contributed by atoms with Crippen LogP contribution in [0.25, 0.3) is 0 Å². The van der Waals surface area contributed by atoms with Gasteiger partial charge in [0, 0.05) is 0 Å². The van der Waals surface area contributed by atoms with Gasteiger partial charge < -0.3 is 14.9 Å². The molecule has 0 fully saturated rings. The molecule has 4 N–H and O–H groups in total. The smallest absolute Gasteiger partial charge is 0.211 e. The van der Waals surface area contributed by atoms with Gasteiger partial charge in [0.2, 0.25) is 4.91 Å². The van der Waals surface area contributed by atoms with Crippen LogP contribution in [0.5, 0.6) is 0 Å². The van der Waals surface area contributed by atoms with Crippen molar-refractivity contribution in [3.8, 4) is 0 Å². The van der Waals surface area contributed by atoms with Crippen molar-refractivity contribution in [2.24, 2.45) is 0 Å². The van der Waals surface area contributed by atoms with Crippen LogP contribution in [0.3, 0.4) is 0 Å². The van der Waals surface area contributed by atoms with Gasteiger partial charge in [-0.2, -0.15) is 0 Å². The van der Waals surface area contributed by atoms with Crippen LogP contribution in [0.15, 0.2) is 0 Å². The molecule has 0 aromatic heterocycles. The normalized spacial score (nSPS) is 7.40. The first-order chi connectivity index (χ1) is 4.83. The standard InChI is InChI=1S/C4H10O3.H2N3/c5-1-3-7-4-2-6;1-3-2/h5-6H,1-4H2;1-2H/q;+1. The number of rotatable bonds is 4. The van der Waals surface area contributed by atoms with Crippen molar-refractivity contribution in [3.05, 3.63) is 0 Å². The van der Waals surface area contributed by atoms with E-state index in [2.05, 4.69) is 4.74 Å². The second kappa shape index (κ2) is 15.7. The third-order valence-corrected chi connectivity index (χ3v) is 0.471. The van der Waals surface area contributed by atoms with E-state index in [0.29, 0.717) is 13.2 Å². The Hall–Kier alpha value is -0.810. The molecule has 0 radical (unpaired) electrons. The molecule has 0 atom stereocenters. The van der Waals surface area contributed by atoms with Crippen LogP contribution in [-0.2, 0) is 4.74 Å². The molecule has 0 unspecified atom stereocenters. The summed E-state index contributed by atoms with van der Waals surface area (Å²) in [4.78, 5) is 2.00. The summed E-state index contributed by atoms with van der Waals surface area (Å²) in [6.45, 7) is 0.696. The first kappa shape index (κ1) is 11.9. The Bertz CT molecular complexity index is 77.8. The summed E-state index contributed by atoms with van der Waals surface area (Å²) in [5.41, 5.74) is 11.0. The van der Waals surface area contributed by atoms with E-state index in [-0.39, 0.29) is 13.2 Å². The highest BCUT2D eigenvalue weighted by Gasteiger charge is 1.79. The number of aliphatic hydroxyl groups is 2. The van der Waals surface area contributed by atoms with Gasteiger partial charge in [0.25, 0.3) is 0 Å². The molecule has 0 aliphatic heterocycles. The molecule has 60 valence electrons. The van der Waals surface area contributed by atoms with Crippen LogP contribution in [0.2, 0.25) is 0 Å². The van der Waals surface area contributed by atoms with Crippen molar-refractivity contribution in [2.45, 2.75) is 0 Å². The Morgan fingerprint density at radius 1 is 1.10 bits per heavy atom. The molecule has 10 heavy (non-hydrogen) atoms. The second-order valence-electron chi connectivity index (χ2n) is 1.17. The highest BCUT2D eigenvalue weighted by molar-refractivity contribution is 4.24. The summed E-state index contributed by atoms with van der Waals surface area (Å²) in [7, 11) is 0. The lowest BCUT2D eigenvalue weighted by molar-refractivity contribution is 0.0650. The third-order valence-electron chi connectivity index (χ3n) is 0.471. The molecule has 0 saturated carbocycles. The minimum Gasteiger partial charge on any atom is -0.394 e. The van der Waals surface area contributed by atoms with E-state index in [1.807, 2.05) is 4.91 Å². The fraction of sp³-hybridized carbons (Fsp3) is 1.00. The largest absolute Gasteiger partial charge is 0.394 e. The second-order valence-corrected chi connectivity index (χ2v) is 1.17. The molecule has 0 aromatic carbocycles. The Kier molecular flexibility index (Phi) is 18.7. The fourth-order valence-corrected chi connectivity index (χ4v) is 0.231. The van der Waals surface area contributed by atoms with Gasteiger partial charge in [0.15, 0.2) is 0 Å². The van der Waals surface area contributed by atoms with Crippen molar-refractivity contribution >= 4 is 0 Å². The predicted molar refractivity (Wildman–Crippen MR) is 32.6 cm³/mol. The SMILES string of the molecule is N=[N+]=N.OCCOCCO. The van der Waals surface area contributed by atoms with E-state index in [1.54, 1.807) is 0 Å². The number of hydrogen-bond donors (Lipinski definition) is 4. The maximum atomic E-state index is 8.09. The van der Waals surface area contributed by atoms with E-state index in [1.165, 1.54) is 0 Å². The number of hydrogen-bond acceptors (Lipinski definition) is 5. The maximum Gasteiger partial charge on any atom is 0.211 e. The molecule has 0 aromatic rings. The first-order valence-electron chi connectivity index (χ1n) is 2.66. The highest BCUT2D eigenvalue weighted by atomic mass is 16.5. The van der Waals surface area contributed by atoms with Gasteiger partial charge in [0.05, 0.1) is 26.4 Å². The highest BCUT2D eigenvalue weighted by Crippen LogP contribution is 1.68. The summed E-state index contributed by atoms with van der Waals surface area (Å²) in [6.07, 6.45) is 0. The monoisotopic (exact) mass is 150 g/mol. The Morgan fingerprint density at radius 3 is 1.60 bits per heavy atom. The zero-order valence-electron chi connectivity index (χ0n) is 5.58. The number of nitrogens with one attached hydrogen (secondary N) is 2. The molecule has 6 nitrogen and oxygen atoms in total. The van der Waals surface area contributed by atoms with Gasteiger partial charge in [-0.05, 0) is 0 Å². The maximum absolute atomic E-state index is 8.09. The van der Waals surface area contributed by atoms with E-state index in [4.69, 9.17) is 21.3 Å². The first-order valence-corrected chi connectivity index (χ1v) is 2.66. The van der Waals surface area contributed by atoms with E-state index < -0.39 is 0 Å². The molecule has 0 spiro atoms. The van der Waals surface area contributed by atoms with Crippen LogP contribution >= 0.6 is 0 Å². The summed E-state index contributed by atoms with van der Waals surface area (Å²) < 4.78 is 4.63. The van der Waals surface area contributed by atoms with Gasteiger partial charge in [-0.1, -0.05) is 0 Å². The average molecular weight is 150 g/mol. The Balaban J connectivity index is 0. The summed E-state index contributed by atoms with van der Waals surface area (Å²) in [5, 5.41) is 16.2. The number of nitrogens with zero attached hydrogens (tertiary/aromatic N) is 1. The summed E-state index contributed by atoms with van der Waals surface area (Å²) >= 11 is 0. The molecular weight excluding hydrogens is 138 g/mol. The zero-order valence-corrected chi connectivity index (χ0v) is 5.58. The molecule has 0 amide bonds. The Labute approximate surface area is 58.5 Å². The number of aliphatic hydroxyl groups excluding tert-OH is 2. The summed E-state index contributed by atoms with van der Waals surface area (Å²) in [6, 6.07) is 0. The van der Waals surface area contributed by atoms with Gasteiger partial charge in [-0.3, -0.25) is 0 Å². The molecule has 0 bridgehead atoms. The third kappa shape index (κ3) is 27.1. The van der Waals surface area contributed by atoms with Crippen LogP contribution < -0.4 is 4.91 Å². The van der Waals surface area contributed by atoms with E-state index in [9.17, 15) is 0 Å². The van der Waals surface area contributed by atoms with Crippen molar-refractivity contribution in [1.29, 1.82) is 11.1 Å². The molecule has 0 saturated heterocycles. The van der Waals surface area contributed by atoms with Gasteiger partial charge in [-0.15, -0.1) is 0 Å². The van der Waals surface area contributed by atoms with Crippen LogP contribution in [0.1, 0.15) is 0 Å². The molecule has 0 aliphatic carbocycles. The van der Waals surface area contributed by atoms with Crippen molar-refractivity contribution in [3.63, 3.8) is 0 Å². The fourth-order valence-electron chi connectivity index (χ4n) is 0.231. The summed E-state index contributed by atoms with van der Waals surface area (Å²) in [5.74, 6) is 0. The molecule has 0 heterocycles. The lowest BCUT2D eigenvalue weighted by atomic mass is 10.7. The lowest BCUT2D eigenvalue weighted by Gasteiger charge is -1.94. The van der Waals surface area contributed by atoms with Crippen molar-refractivity contribution in [1.82, 2.24) is 4.91 Å². The predicted octanol–water partition coefficient (Wildman–Crippen LogP) is -0.897. The van der Waals surface area contributed by atoms with Crippen molar-refractivity contribution in [2.75, 3.05) is 26.4 Å². The van der Waals surface area contributed by atoms with Crippen LogP contribution in [0, 0.1) is 11.1 Å². The molecule has 0 rings (SSSR count). The molecule has 6 heteroatoms. The Morgan fingerprint density at radius 2 is 1.40 bits per heavy atom. The lowest BCUT2D eigenvalue weighted by Crippen LogP contribution is -2.03. The van der Waals surface area contributed by atoms with Crippen LogP contribution in [-0.4, -0.2) is 36.6 Å². The minimum atomic E-state index is 0.0278. The quantitative estimate of drug-likeness (QED) is 0.237. The van der Waals surface area contributed by atoms with Gasteiger partial charge >= 0.3 is 0 Å². The average Bonchev–Trinajstić information content (AvgIpc) is 1.91. The van der Waals surface area contributed by atoms with Crippen molar-refractivity contribution < 1.29 is 14.9 Å². The zero-order chi connectivity index (χ0) is 8.24. The molecule has 0 aliphatic rings. The van der Waals surface area contributed by atoms with Crippen LogP contribution in [0.4, 0.5) is 0 Å². The number of ether oxygens (including phenoxy) is 1. The van der Waals surface area contributed by atoms with Gasteiger partial charge in [0.1, 0.15) is 11.1 Å².